The second kappa shape index (κ2) is 10.1. The summed E-state index contributed by atoms with van der Waals surface area (Å²) in [5, 5.41) is 14.5. The fourth-order valence-corrected chi connectivity index (χ4v) is 1.98. The number of imidazole rings is 1. The lowest BCUT2D eigenvalue weighted by atomic mass is 10.4. The van der Waals surface area contributed by atoms with Gasteiger partial charge in [-0.1, -0.05) is 6.92 Å². The molecule has 0 bridgehead atoms. The first-order chi connectivity index (χ1) is 10.3. The third kappa shape index (κ3) is 5.62. The van der Waals surface area contributed by atoms with Gasteiger partial charge in [-0.25, -0.2) is 4.98 Å². The molecule has 9 heteroatoms. The van der Waals surface area contributed by atoms with E-state index in [0.717, 1.165) is 44.4 Å². The summed E-state index contributed by atoms with van der Waals surface area (Å²) >= 11 is 0. The van der Waals surface area contributed by atoms with Crippen molar-refractivity contribution in [1.29, 1.82) is 0 Å². The Hall–Kier alpha value is -1.65. The minimum Gasteiger partial charge on any atom is -0.355 e. The zero-order chi connectivity index (χ0) is 14.9. The predicted molar refractivity (Wildman–Crippen MR) is 96.4 cm³/mol. The van der Waals surface area contributed by atoms with Crippen molar-refractivity contribution >= 4 is 29.9 Å². The third-order valence-corrected chi connectivity index (χ3v) is 3.10. The molecule has 0 unspecified atom stereocenters. The van der Waals surface area contributed by atoms with Gasteiger partial charge in [0.25, 0.3) is 0 Å². The van der Waals surface area contributed by atoms with E-state index in [9.17, 15) is 0 Å². The largest absolute Gasteiger partial charge is 0.355 e. The lowest BCUT2D eigenvalue weighted by Gasteiger charge is -2.12. The maximum Gasteiger partial charge on any atom is 0.191 e. The minimum atomic E-state index is 0. The number of aromatic nitrogens is 5. The quantitative estimate of drug-likeness (QED) is 0.389. The fraction of sp³-hybridized carbons (Fsp3) is 0.538. The summed E-state index contributed by atoms with van der Waals surface area (Å²) in [4.78, 5) is 8.21. The Kier molecular flexibility index (Phi) is 8.48. The van der Waals surface area contributed by atoms with Crippen LogP contribution in [0.15, 0.2) is 30.0 Å². The van der Waals surface area contributed by atoms with Crippen LogP contribution in [0, 0.1) is 0 Å². The first-order valence-electron chi connectivity index (χ1n) is 7.10. The Morgan fingerprint density at radius 2 is 2.00 bits per heavy atom. The van der Waals surface area contributed by atoms with Crippen molar-refractivity contribution in [3.05, 3.63) is 30.9 Å². The van der Waals surface area contributed by atoms with Crippen molar-refractivity contribution in [3.8, 4) is 0 Å². The van der Waals surface area contributed by atoms with Gasteiger partial charge in [0.1, 0.15) is 12.2 Å². The molecule has 2 aromatic rings. The van der Waals surface area contributed by atoms with E-state index in [-0.39, 0.29) is 24.0 Å². The normalized spacial score (nSPS) is 11.1. The Balaban J connectivity index is 0.00000242. The van der Waals surface area contributed by atoms with Crippen LogP contribution in [0.3, 0.4) is 0 Å². The Labute approximate surface area is 147 Å². The van der Waals surface area contributed by atoms with E-state index in [2.05, 4.69) is 37.7 Å². The first kappa shape index (κ1) is 18.4. The number of aryl methyl sites for hydroxylation is 1. The molecule has 8 nitrogen and oxygen atoms in total. The van der Waals surface area contributed by atoms with E-state index < -0.39 is 0 Å². The molecule has 2 aromatic heterocycles. The maximum absolute atomic E-state index is 4.20. The zero-order valence-electron chi connectivity index (χ0n) is 12.9. The molecule has 0 aliphatic rings. The van der Waals surface area contributed by atoms with Gasteiger partial charge in [-0.05, 0) is 0 Å². The van der Waals surface area contributed by atoms with E-state index >= 15 is 0 Å². The molecule has 0 fully saturated rings. The highest BCUT2D eigenvalue weighted by atomic mass is 127. The van der Waals surface area contributed by atoms with Gasteiger partial charge < -0.3 is 19.8 Å². The molecule has 0 spiro atoms. The molecule has 0 atom stereocenters. The van der Waals surface area contributed by atoms with E-state index in [0.29, 0.717) is 0 Å². The summed E-state index contributed by atoms with van der Waals surface area (Å²) in [6.45, 7) is 5.31. The monoisotopic (exact) mass is 418 g/mol. The number of halogens is 1. The number of hydrogen-bond donors (Lipinski definition) is 2. The second-order valence-corrected chi connectivity index (χ2v) is 4.52. The van der Waals surface area contributed by atoms with Gasteiger partial charge in [0.15, 0.2) is 5.96 Å². The molecule has 0 saturated heterocycles. The lowest BCUT2D eigenvalue weighted by Crippen LogP contribution is -2.40. The summed E-state index contributed by atoms with van der Waals surface area (Å²) < 4.78 is 4.07. The van der Waals surface area contributed by atoms with Crippen LogP contribution in [0.2, 0.25) is 0 Å². The summed E-state index contributed by atoms with van der Waals surface area (Å²) in [6.07, 6.45) is 8.16. The summed E-state index contributed by atoms with van der Waals surface area (Å²) in [5.74, 6) is 1.79. The highest BCUT2D eigenvalue weighted by molar-refractivity contribution is 14.0. The van der Waals surface area contributed by atoms with Crippen molar-refractivity contribution in [2.24, 2.45) is 4.99 Å². The summed E-state index contributed by atoms with van der Waals surface area (Å²) in [7, 11) is 1.77. The molecule has 2 heterocycles. The summed E-state index contributed by atoms with van der Waals surface area (Å²) in [6, 6.07) is 0. The number of guanidine groups is 1. The second-order valence-electron chi connectivity index (χ2n) is 4.52. The smallest absolute Gasteiger partial charge is 0.191 e. The van der Waals surface area contributed by atoms with Crippen LogP contribution in [0.1, 0.15) is 12.7 Å². The van der Waals surface area contributed by atoms with E-state index in [1.807, 2.05) is 15.3 Å². The third-order valence-electron chi connectivity index (χ3n) is 3.10. The molecule has 0 saturated carbocycles. The fourth-order valence-electron chi connectivity index (χ4n) is 1.98. The van der Waals surface area contributed by atoms with Gasteiger partial charge in [-0.2, -0.15) is 0 Å². The molecule has 2 N–H and O–H groups in total. The minimum absolute atomic E-state index is 0. The van der Waals surface area contributed by atoms with Gasteiger partial charge in [0.2, 0.25) is 0 Å². The molecule has 122 valence electrons. The number of rotatable bonds is 7. The van der Waals surface area contributed by atoms with Crippen LogP contribution in [0.5, 0.6) is 0 Å². The van der Waals surface area contributed by atoms with Crippen molar-refractivity contribution < 1.29 is 0 Å². The van der Waals surface area contributed by atoms with Crippen LogP contribution in [0.4, 0.5) is 0 Å². The van der Waals surface area contributed by atoms with E-state index in [1.165, 1.54) is 0 Å². The van der Waals surface area contributed by atoms with E-state index in [4.69, 9.17) is 0 Å². The molecular weight excluding hydrogens is 395 g/mol. The van der Waals surface area contributed by atoms with Gasteiger partial charge >= 0.3 is 0 Å². The number of aliphatic imine (C=N–C) groups is 1. The summed E-state index contributed by atoms with van der Waals surface area (Å²) in [5.41, 5.74) is 0. The van der Waals surface area contributed by atoms with Gasteiger partial charge in [-0.3, -0.25) is 4.99 Å². The lowest BCUT2D eigenvalue weighted by molar-refractivity contribution is 0.622. The molecule has 22 heavy (non-hydrogen) atoms. The van der Waals surface area contributed by atoms with Crippen molar-refractivity contribution in [2.45, 2.75) is 26.4 Å². The van der Waals surface area contributed by atoms with Crippen molar-refractivity contribution in [2.75, 3.05) is 20.1 Å². The first-order valence-corrected chi connectivity index (χ1v) is 7.10. The van der Waals surface area contributed by atoms with Gasteiger partial charge in [-0.15, -0.1) is 34.2 Å². The molecule has 0 aromatic carbocycles. The Morgan fingerprint density at radius 3 is 2.64 bits per heavy atom. The predicted octanol–water partition coefficient (Wildman–Crippen LogP) is 0.520. The maximum atomic E-state index is 4.20. The van der Waals surface area contributed by atoms with Crippen LogP contribution >= 0.6 is 24.0 Å². The molecule has 0 radical (unpaired) electrons. The molecule has 0 aliphatic heterocycles. The van der Waals surface area contributed by atoms with Gasteiger partial charge in [0.05, 0.1) is 6.33 Å². The van der Waals surface area contributed by atoms with Crippen LogP contribution < -0.4 is 10.6 Å². The molecule has 2 rings (SSSR count). The topological polar surface area (TPSA) is 85.0 Å². The molecule has 0 amide bonds. The number of nitrogens with zero attached hydrogens (tertiary/aromatic N) is 6. The number of hydrogen-bond acceptors (Lipinski definition) is 4. The van der Waals surface area contributed by atoms with Crippen LogP contribution in [0.25, 0.3) is 0 Å². The van der Waals surface area contributed by atoms with Crippen LogP contribution in [-0.2, 0) is 19.5 Å². The SMILES string of the molecule is CCc1nncn1CCNC(=NC)NCCn1ccnc1.I. The van der Waals surface area contributed by atoms with Crippen LogP contribution in [-0.4, -0.2) is 50.4 Å². The molecule has 0 aliphatic carbocycles. The highest BCUT2D eigenvalue weighted by Gasteiger charge is 2.02. The average molecular weight is 418 g/mol. The van der Waals surface area contributed by atoms with E-state index in [1.54, 1.807) is 25.9 Å². The zero-order valence-corrected chi connectivity index (χ0v) is 15.3. The highest BCUT2D eigenvalue weighted by Crippen LogP contribution is 1.94. The average Bonchev–Trinajstić information content (AvgIpc) is 3.16. The standard InChI is InChI=1S/C13H22N8.HI/c1-3-12-19-18-11-21(12)9-6-17-13(14-2)16-5-8-20-7-4-15-10-20;/h4,7,10-11H,3,5-6,8-9H2,1-2H3,(H2,14,16,17);1H. The van der Waals surface area contributed by atoms with Crippen molar-refractivity contribution in [3.63, 3.8) is 0 Å². The Morgan fingerprint density at radius 1 is 1.23 bits per heavy atom. The number of nitrogens with one attached hydrogen (secondary N) is 2. The van der Waals surface area contributed by atoms with Gasteiger partial charge in [0, 0.05) is 52.0 Å². The Bertz CT molecular complexity index is 548. The van der Waals surface area contributed by atoms with Crippen molar-refractivity contribution in [1.82, 2.24) is 34.9 Å². The molecular formula is C13H23IN8.